The number of benzene rings is 1. The summed E-state index contributed by atoms with van der Waals surface area (Å²) >= 11 is 0. The molecule has 22 heavy (non-hydrogen) atoms. The molecular weight excluding hydrogens is 304 g/mol. The lowest BCUT2D eigenvalue weighted by atomic mass is 10.1. The Labute approximate surface area is 129 Å². The van der Waals surface area contributed by atoms with Crippen LogP contribution in [0, 0.1) is 13.8 Å². The first-order valence-electron chi connectivity index (χ1n) is 6.55. The fraction of sp³-hybridized carbons (Fsp3) is 0.200. The van der Waals surface area contributed by atoms with Crippen LogP contribution in [0.1, 0.15) is 11.1 Å². The van der Waals surface area contributed by atoms with Crippen LogP contribution in [0.5, 0.6) is 5.75 Å². The molecule has 0 radical (unpaired) electrons. The van der Waals surface area contributed by atoms with Crippen molar-refractivity contribution in [3.63, 3.8) is 0 Å². The van der Waals surface area contributed by atoms with E-state index < -0.39 is 15.9 Å². The van der Waals surface area contributed by atoms with Crippen LogP contribution >= 0.6 is 0 Å². The summed E-state index contributed by atoms with van der Waals surface area (Å²) in [5.41, 5.74) is 1.76. The van der Waals surface area contributed by atoms with E-state index in [0.717, 1.165) is 11.1 Å². The van der Waals surface area contributed by atoms with Gasteiger partial charge in [0.2, 0.25) is 0 Å². The van der Waals surface area contributed by atoms with Crippen molar-refractivity contribution >= 4 is 15.9 Å². The largest absolute Gasteiger partial charge is 0.483 e. The summed E-state index contributed by atoms with van der Waals surface area (Å²) < 4.78 is 31.3. The molecule has 0 unspecified atom stereocenters. The van der Waals surface area contributed by atoms with Gasteiger partial charge in [0.15, 0.2) is 6.61 Å². The van der Waals surface area contributed by atoms with Crippen molar-refractivity contribution in [3.05, 3.63) is 53.9 Å². The summed E-state index contributed by atoms with van der Waals surface area (Å²) in [5, 5.41) is 0. The smallest absolute Gasteiger partial charge is 0.271 e. The second kappa shape index (κ2) is 6.57. The number of sulfonamides is 1. The number of ether oxygens (including phenoxy) is 1. The maximum absolute atomic E-state index is 12.0. The average Bonchev–Trinajstić information content (AvgIpc) is 2.47. The van der Waals surface area contributed by atoms with Crippen molar-refractivity contribution in [1.29, 1.82) is 0 Å². The van der Waals surface area contributed by atoms with Gasteiger partial charge in [0.1, 0.15) is 10.6 Å². The molecule has 0 aliphatic carbocycles. The molecule has 1 amide bonds. The van der Waals surface area contributed by atoms with Gasteiger partial charge in [-0.1, -0.05) is 18.2 Å². The number of para-hydroxylation sites is 1. The molecule has 0 bridgehead atoms. The Morgan fingerprint density at radius 2 is 1.86 bits per heavy atom. The predicted octanol–water partition coefficient (Wildman–Crippen LogP) is 1.58. The van der Waals surface area contributed by atoms with Crippen LogP contribution in [0.15, 0.2) is 47.6 Å². The number of nitrogens with one attached hydrogen (secondary N) is 1. The van der Waals surface area contributed by atoms with Crippen LogP contribution < -0.4 is 9.46 Å². The van der Waals surface area contributed by atoms with E-state index in [4.69, 9.17) is 4.74 Å². The van der Waals surface area contributed by atoms with Crippen LogP contribution in [0.25, 0.3) is 0 Å². The molecule has 0 saturated heterocycles. The van der Waals surface area contributed by atoms with Crippen molar-refractivity contribution in [2.75, 3.05) is 6.61 Å². The van der Waals surface area contributed by atoms with Crippen molar-refractivity contribution in [3.8, 4) is 5.75 Å². The summed E-state index contributed by atoms with van der Waals surface area (Å²) in [5.74, 6) is -0.164. The number of pyridine rings is 1. The van der Waals surface area contributed by atoms with Crippen molar-refractivity contribution in [1.82, 2.24) is 9.71 Å². The molecule has 0 spiro atoms. The monoisotopic (exact) mass is 320 g/mol. The third-order valence-corrected chi connectivity index (χ3v) is 4.31. The summed E-state index contributed by atoms with van der Waals surface area (Å²) in [6, 6.07) is 8.42. The summed E-state index contributed by atoms with van der Waals surface area (Å²) in [6.45, 7) is 3.32. The molecule has 1 aromatic carbocycles. The van der Waals surface area contributed by atoms with Crippen molar-refractivity contribution in [2.45, 2.75) is 18.7 Å². The topological polar surface area (TPSA) is 85.4 Å². The molecule has 6 nitrogen and oxygen atoms in total. The molecule has 1 aromatic heterocycles. The van der Waals surface area contributed by atoms with E-state index in [9.17, 15) is 13.2 Å². The molecule has 1 N–H and O–H groups in total. The second-order valence-electron chi connectivity index (χ2n) is 4.73. The van der Waals surface area contributed by atoms with Gasteiger partial charge in [-0.3, -0.25) is 9.78 Å². The molecule has 0 aliphatic rings. The third kappa shape index (κ3) is 3.82. The summed E-state index contributed by atoms with van der Waals surface area (Å²) in [4.78, 5) is 15.4. The van der Waals surface area contributed by atoms with Crippen molar-refractivity contribution in [2.24, 2.45) is 0 Å². The molecule has 116 valence electrons. The van der Waals surface area contributed by atoms with Gasteiger partial charge in [-0.25, -0.2) is 13.1 Å². The second-order valence-corrected chi connectivity index (χ2v) is 6.41. The molecule has 2 rings (SSSR count). The van der Waals surface area contributed by atoms with E-state index in [-0.39, 0.29) is 11.5 Å². The van der Waals surface area contributed by atoms with Gasteiger partial charge >= 0.3 is 0 Å². The molecule has 0 atom stereocenters. The first-order valence-corrected chi connectivity index (χ1v) is 8.03. The van der Waals surface area contributed by atoms with E-state index in [1.165, 1.54) is 24.5 Å². The van der Waals surface area contributed by atoms with E-state index >= 15 is 0 Å². The van der Waals surface area contributed by atoms with Gasteiger partial charge in [0.05, 0.1) is 0 Å². The quantitative estimate of drug-likeness (QED) is 0.904. The number of nitrogens with zero attached hydrogens (tertiary/aromatic N) is 1. The Balaban J connectivity index is 2.02. The SMILES string of the molecule is Cc1cccc(C)c1OCC(=O)NS(=O)(=O)c1cccnc1. The molecule has 2 aromatic rings. The molecule has 1 heterocycles. The number of carbonyl (C=O) groups excluding carboxylic acids is 1. The third-order valence-electron chi connectivity index (χ3n) is 2.95. The Morgan fingerprint density at radius 1 is 1.18 bits per heavy atom. The Kier molecular flexibility index (Phi) is 4.77. The normalized spacial score (nSPS) is 11.0. The standard InChI is InChI=1S/C15H16N2O4S/c1-11-5-3-6-12(2)15(11)21-10-14(18)17-22(19,20)13-7-4-8-16-9-13/h3-9H,10H2,1-2H3,(H,17,18). The van der Waals surface area contributed by atoms with Crippen LogP contribution in [0.3, 0.4) is 0 Å². The van der Waals surface area contributed by atoms with Gasteiger partial charge in [0.25, 0.3) is 15.9 Å². The fourth-order valence-corrected chi connectivity index (χ4v) is 2.84. The van der Waals surface area contributed by atoms with Gasteiger partial charge < -0.3 is 4.74 Å². The Hall–Kier alpha value is -2.41. The van der Waals surface area contributed by atoms with Gasteiger partial charge in [-0.15, -0.1) is 0 Å². The highest BCUT2D eigenvalue weighted by atomic mass is 32.2. The number of aryl methyl sites for hydroxylation is 2. The number of rotatable bonds is 5. The molecule has 7 heteroatoms. The van der Waals surface area contributed by atoms with Gasteiger partial charge in [-0.2, -0.15) is 0 Å². The van der Waals surface area contributed by atoms with Gasteiger partial charge in [0, 0.05) is 12.4 Å². The maximum Gasteiger partial charge on any atom is 0.271 e. The highest BCUT2D eigenvalue weighted by Gasteiger charge is 2.18. The Morgan fingerprint density at radius 3 is 2.45 bits per heavy atom. The zero-order valence-corrected chi connectivity index (χ0v) is 13.1. The van der Waals surface area contributed by atoms with Crippen LogP contribution in [0.4, 0.5) is 0 Å². The minimum Gasteiger partial charge on any atom is -0.483 e. The van der Waals surface area contributed by atoms with E-state index in [1.807, 2.05) is 36.8 Å². The lowest BCUT2D eigenvalue weighted by Gasteiger charge is -2.12. The van der Waals surface area contributed by atoms with Crippen LogP contribution in [-0.4, -0.2) is 25.9 Å². The van der Waals surface area contributed by atoms with Crippen LogP contribution in [-0.2, 0) is 14.8 Å². The minimum atomic E-state index is -3.93. The number of hydrogen-bond acceptors (Lipinski definition) is 5. The van der Waals surface area contributed by atoms with E-state index in [1.54, 1.807) is 0 Å². The molecule has 0 fully saturated rings. The lowest BCUT2D eigenvalue weighted by molar-refractivity contribution is -0.121. The fourth-order valence-electron chi connectivity index (χ4n) is 1.91. The lowest BCUT2D eigenvalue weighted by Crippen LogP contribution is -2.34. The molecule has 0 aliphatic heterocycles. The molecule has 0 saturated carbocycles. The number of carbonyl (C=O) groups is 1. The average molecular weight is 320 g/mol. The zero-order chi connectivity index (χ0) is 16.2. The van der Waals surface area contributed by atoms with Crippen molar-refractivity contribution < 1.29 is 17.9 Å². The number of amides is 1. The minimum absolute atomic E-state index is 0.0737. The highest BCUT2D eigenvalue weighted by molar-refractivity contribution is 7.90. The summed E-state index contributed by atoms with van der Waals surface area (Å²) in [7, 11) is -3.93. The van der Waals surface area contributed by atoms with Gasteiger partial charge in [-0.05, 0) is 37.1 Å². The van der Waals surface area contributed by atoms with E-state index in [0.29, 0.717) is 5.75 Å². The van der Waals surface area contributed by atoms with E-state index in [2.05, 4.69) is 4.98 Å². The Bertz CT molecular complexity index is 753. The van der Waals surface area contributed by atoms with Crippen LogP contribution in [0.2, 0.25) is 0 Å². The zero-order valence-electron chi connectivity index (χ0n) is 12.2. The maximum atomic E-state index is 12.0. The highest BCUT2D eigenvalue weighted by Crippen LogP contribution is 2.22. The first-order chi connectivity index (χ1) is 10.4. The first kappa shape index (κ1) is 16.0. The predicted molar refractivity (Wildman–Crippen MR) is 81.0 cm³/mol. The number of hydrogen-bond donors (Lipinski definition) is 1. The summed E-state index contributed by atoms with van der Waals surface area (Å²) in [6.07, 6.45) is 2.62. The number of aromatic nitrogens is 1. The molecular formula is C15H16N2O4S.